The van der Waals surface area contributed by atoms with Gasteiger partial charge in [-0.25, -0.2) is 4.79 Å². The SMILES string of the molecule is CCOC(=O)c1c(C)n(C)c2cc(-c3ccncc3)c(O)cc12.Cl. The number of carbonyl (C=O) groups is 1. The van der Waals surface area contributed by atoms with Gasteiger partial charge < -0.3 is 14.4 Å². The molecule has 0 radical (unpaired) electrons. The maximum absolute atomic E-state index is 12.2. The van der Waals surface area contributed by atoms with Gasteiger partial charge in [-0.2, -0.15) is 0 Å². The zero-order valence-electron chi connectivity index (χ0n) is 13.7. The molecule has 1 N–H and O–H groups in total. The lowest BCUT2D eigenvalue weighted by Crippen LogP contribution is -2.06. The van der Waals surface area contributed by atoms with Gasteiger partial charge in [0.1, 0.15) is 5.75 Å². The van der Waals surface area contributed by atoms with E-state index in [0.29, 0.717) is 23.1 Å². The Kier molecular flexibility index (Phi) is 5.14. The fourth-order valence-corrected chi connectivity index (χ4v) is 2.82. The molecule has 0 amide bonds. The minimum atomic E-state index is -0.369. The fourth-order valence-electron chi connectivity index (χ4n) is 2.82. The Labute approximate surface area is 146 Å². The Balaban J connectivity index is 0.00000208. The topological polar surface area (TPSA) is 64.4 Å². The van der Waals surface area contributed by atoms with Crippen LogP contribution in [-0.4, -0.2) is 27.2 Å². The fraction of sp³-hybridized carbons (Fsp3) is 0.222. The third kappa shape index (κ3) is 2.83. The van der Waals surface area contributed by atoms with Crippen LogP contribution in [0.2, 0.25) is 0 Å². The smallest absolute Gasteiger partial charge is 0.340 e. The number of aromatic hydroxyl groups is 1. The van der Waals surface area contributed by atoms with Crippen molar-refractivity contribution in [1.29, 1.82) is 0 Å². The maximum atomic E-state index is 12.2. The van der Waals surface area contributed by atoms with Crippen LogP contribution in [0.25, 0.3) is 22.0 Å². The van der Waals surface area contributed by atoms with Gasteiger partial charge in [0, 0.05) is 41.6 Å². The maximum Gasteiger partial charge on any atom is 0.340 e. The molecular weight excluding hydrogens is 328 g/mol. The molecule has 0 bridgehead atoms. The minimum Gasteiger partial charge on any atom is -0.507 e. The highest BCUT2D eigenvalue weighted by molar-refractivity contribution is 6.07. The van der Waals surface area contributed by atoms with Gasteiger partial charge in [-0.05, 0) is 43.7 Å². The molecule has 5 nitrogen and oxygen atoms in total. The summed E-state index contributed by atoms with van der Waals surface area (Å²) in [5.41, 5.74) is 3.76. The summed E-state index contributed by atoms with van der Waals surface area (Å²) < 4.78 is 7.08. The monoisotopic (exact) mass is 346 g/mol. The first kappa shape index (κ1) is 17.8. The van der Waals surface area contributed by atoms with Gasteiger partial charge in [-0.3, -0.25) is 4.98 Å². The highest BCUT2D eigenvalue weighted by Gasteiger charge is 2.21. The molecule has 0 atom stereocenters. The Morgan fingerprint density at radius 3 is 2.58 bits per heavy atom. The predicted octanol–water partition coefficient (Wildman–Crippen LogP) is 3.85. The molecule has 0 saturated heterocycles. The van der Waals surface area contributed by atoms with Crippen LogP contribution in [0.5, 0.6) is 5.75 Å². The number of nitrogens with zero attached hydrogens (tertiary/aromatic N) is 2. The van der Waals surface area contributed by atoms with Crippen molar-refractivity contribution >= 4 is 29.3 Å². The molecule has 0 aliphatic rings. The number of aromatic nitrogens is 2. The first-order valence-electron chi connectivity index (χ1n) is 7.44. The molecule has 3 aromatic rings. The Morgan fingerprint density at radius 2 is 1.96 bits per heavy atom. The summed E-state index contributed by atoms with van der Waals surface area (Å²) in [7, 11) is 1.90. The van der Waals surface area contributed by atoms with E-state index in [0.717, 1.165) is 16.8 Å². The summed E-state index contributed by atoms with van der Waals surface area (Å²) in [5, 5.41) is 11.1. The second-order valence-corrected chi connectivity index (χ2v) is 5.36. The quantitative estimate of drug-likeness (QED) is 0.731. The van der Waals surface area contributed by atoms with Crippen LogP contribution in [0.4, 0.5) is 0 Å². The summed E-state index contributed by atoms with van der Waals surface area (Å²) in [6.45, 7) is 3.96. The van der Waals surface area contributed by atoms with E-state index in [2.05, 4.69) is 4.98 Å². The van der Waals surface area contributed by atoms with E-state index in [1.165, 1.54) is 0 Å². The van der Waals surface area contributed by atoms with Crippen LogP contribution >= 0.6 is 12.4 Å². The zero-order valence-corrected chi connectivity index (χ0v) is 14.6. The molecule has 126 valence electrons. The Bertz CT molecular complexity index is 888. The number of halogens is 1. The number of phenolic OH excluding ortho intramolecular Hbond substituents is 1. The molecule has 0 saturated carbocycles. The molecule has 2 heterocycles. The summed E-state index contributed by atoms with van der Waals surface area (Å²) in [4.78, 5) is 16.2. The largest absolute Gasteiger partial charge is 0.507 e. The molecule has 0 aliphatic carbocycles. The second kappa shape index (κ2) is 6.93. The van der Waals surface area contributed by atoms with Gasteiger partial charge in [0.15, 0.2) is 0 Å². The number of pyridine rings is 1. The number of hydrogen-bond acceptors (Lipinski definition) is 4. The molecule has 6 heteroatoms. The van der Waals surface area contributed by atoms with E-state index in [9.17, 15) is 9.90 Å². The van der Waals surface area contributed by atoms with E-state index in [-0.39, 0.29) is 24.1 Å². The highest BCUT2D eigenvalue weighted by atomic mass is 35.5. The first-order chi connectivity index (χ1) is 11.0. The number of aryl methyl sites for hydroxylation is 1. The Morgan fingerprint density at radius 1 is 1.29 bits per heavy atom. The molecule has 0 spiro atoms. The lowest BCUT2D eigenvalue weighted by Gasteiger charge is -2.07. The van der Waals surface area contributed by atoms with Crippen molar-refractivity contribution in [3.8, 4) is 16.9 Å². The summed E-state index contributed by atoms with van der Waals surface area (Å²) >= 11 is 0. The van der Waals surface area contributed by atoms with E-state index in [4.69, 9.17) is 4.74 Å². The third-order valence-corrected chi connectivity index (χ3v) is 4.08. The standard InChI is InChI=1S/C18H18N2O3.ClH/c1-4-23-18(22)17-11(2)20(3)15-9-13(16(21)10-14(15)17)12-5-7-19-8-6-12;/h5-10,21H,4H2,1-3H3;1H. The van der Waals surface area contributed by atoms with E-state index >= 15 is 0 Å². The summed E-state index contributed by atoms with van der Waals surface area (Å²) in [5.74, 6) is -0.244. The third-order valence-electron chi connectivity index (χ3n) is 4.08. The van der Waals surface area contributed by atoms with Crippen LogP contribution < -0.4 is 0 Å². The first-order valence-corrected chi connectivity index (χ1v) is 7.44. The van der Waals surface area contributed by atoms with Crippen molar-refractivity contribution in [1.82, 2.24) is 9.55 Å². The Hall–Kier alpha value is -2.53. The van der Waals surface area contributed by atoms with Crippen molar-refractivity contribution in [2.24, 2.45) is 7.05 Å². The molecule has 0 unspecified atom stereocenters. The van der Waals surface area contributed by atoms with E-state index in [1.54, 1.807) is 25.4 Å². The van der Waals surface area contributed by atoms with Crippen molar-refractivity contribution in [2.75, 3.05) is 6.61 Å². The van der Waals surface area contributed by atoms with Crippen molar-refractivity contribution in [3.05, 3.63) is 47.9 Å². The van der Waals surface area contributed by atoms with E-state index < -0.39 is 0 Å². The van der Waals surface area contributed by atoms with Gasteiger partial charge >= 0.3 is 5.97 Å². The van der Waals surface area contributed by atoms with Gasteiger partial charge in [0.05, 0.1) is 12.2 Å². The summed E-state index contributed by atoms with van der Waals surface area (Å²) in [6.07, 6.45) is 3.36. The van der Waals surface area contributed by atoms with Crippen LogP contribution in [0.1, 0.15) is 23.0 Å². The minimum absolute atomic E-state index is 0. The number of benzene rings is 1. The number of phenols is 1. The second-order valence-electron chi connectivity index (χ2n) is 5.36. The number of hydrogen-bond donors (Lipinski definition) is 1. The molecule has 1 aromatic carbocycles. The van der Waals surface area contributed by atoms with Crippen LogP contribution in [0, 0.1) is 6.92 Å². The van der Waals surface area contributed by atoms with Crippen molar-refractivity contribution in [3.63, 3.8) is 0 Å². The average Bonchev–Trinajstić information content (AvgIpc) is 2.78. The van der Waals surface area contributed by atoms with E-state index in [1.807, 2.05) is 36.7 Å². The van der Waals surface area contributed by atoms with Crippen LogP contribution in [0.15, 0.2) is 36.7 Å². The highest BCUT2D eigenvalue weighted by Crippen LogP contribution is 2.36. The summed E-state index contributed by atoms with van der Waals surface area (Å²) in [6, 6.07) is 7.19. The predicted molar refractivity (Wildman–Crippen MR) is 95.8 cm³/mol. The lowest BCUT2D eigenvalue weighted by atomic mass is 10.0. The van der Waals surface area contributed by atoms with Gasteiger partial charge in [0.2, 0.25) is 0 Å². The number of ether oxygens (including phenoxy) is 1. The molecule has 3 rings (SSSR count). The molecule has 0 aliphatic heterocycles. The number of fused-ring (bicyclic) bond motifs is 1. The van der Waals surface area contributed by atoms with Crippen molar-refractivity contribution < 1.29 is 14.6 Å². The molecule has 2 aromatic heterocycles. The normalized spacial score (nSPS) is 10.5. The molecule has 0 fully saturated rings. The number of carbonyl (C=O) groups excluding carboxylic acids is 1. The van der Waals surface area contributed by atoms with Crippen molar-refractivity contribution in [2.45, 2.75) is 13.8 Å². The van der Waals surface area contributed by atoms with Gasteiger partial charge in [-0.1, -0.05) is 0 Å². The van der Waals surface area contributed by atoms with Crippen LogP contribution in [0.3, 0.4) is 0 Å². The number of esters is 1. The zero-order chi connectivity index (χ0) is 16.6. The molecular formula is C18H19ClN2O3. The van der Waals surface area contributed by atoms with Crippen LogP contribution in [-0.2, 0) is 11.8 Å². The lowest BCUT2D eigenvalue weighted by molar-refractivity contribution is 0.0527. The average molecular weight is 347 g/mol. The van der Waals surface area contributed by atoms with Gasteiger partial charge in [0.25, 0.3) is 0 Å². The number of rotatable bonds is 3. The molecule has 24 heavy (non-hydrogen) atoms. The van der Waals surface area contributed by atoms with Gasteiger partial charge in [-0.15, -0.1) is 12.4 Å².